The Labute approximate surface area is 156 Å². The molecule has 0 unspecified atom stereocenters. The zero-order valence-electron chi connectivity index (χ0n) is 14.3. The van der Waals surface area contributed by atoms with E-state index in [-0.39, 0.29) is 23.9 Å². The van der Waals surface area contributed by atoms with Crippen LogP contribution in [0, 0.1) is 0 Å². The first-order valence-corrected chi connectivity index (χ1v) is 8.69. The lowest BCUT2D eigenvalue weighted by Gasteiger charge is -2.18. The molecule has 132 valence electrons. The average molecular weight is 380 g/mol. The molecule has 0 bridgehead atoms. The van der Waals surface area contributed by atoms with E-state index >= 15 is 0 Å². The van der Waals surface area contributed by atoms with Crippen molar-refractivity contribution in [2.75, 3.05) is 5.32 Å². The van der Waals surface area contributed by atoms with Crippen LogP contribution in [0.1, 0.15) is 40.0 Å². The molecular formula is C19H19Cl2NO3. The molecule has 6 heteroatoms. The van der Waals surface area contributed by atoms with E-state index in [4.69, 9.17) is 23.2 Å². The highest BCUT2D eigenvalue weighted by Gasteiger charge is 2.27. The number of nitrogens with one attached hydrogen (secondary N) is 1. The maximum Gasteiger partial charge on any atom is 0.224 e. The zero-order valence-corrected chi connectivity index (χ0v) is 15.8. The number of hydrogen-bond acceptors (Lipinski definition) is 3. The van der Waals surface area contributed by atoms with Crippen molar-refractivity contribution >= 4 is 46.4 Å². The topological polar surface area (TPSA) is 63.2 Å². The van der Waals surface area contributed by atoms with Gasteiger partial charge in [-0.2, -0.15) is 0 Å². The van der Waals surface area contributed by atoms with Crippen LogP contribution < -0.4 is 5.32 Å². The maximum atomic E-state index is 12.3. The molecule has 0 saturated carbocycles. The number of halogens is 2. The number of carbonyl (C=O) groups is 3. The first-order valence-electron chi connectivity index (χ1n) is 7.94. The molecule has 1 aliphatic rings. The van der Waals surface area contributed by atoms with Gasteiger partial charge in [0.15, 0.2) is 11.6 Å². The van der Waals surface area contributed by atoms with Gasteiger partial charge in [-0.05, 0) is 51.8 Å². The number of benzene rings is 1. The predicted molar refractivity (Wildman–Crippen MR) is 100 cm³/mol. The van der Waals surface area contributed by atoms with Crippen LogP contribution in [0.25, 0.3) is 0 Å². The van der Waals surface area contributed by atoms with E-state index in [1.165, 1.54) is 0 Å². The SMILES string of the molecule is CC1=C(C)C(=O)C(CCCC(=O)Nc2ccc(Cl)c(Cl)c2)=C(C)C1=O. The van der Waals surface area contributed by atoms with Gasteiger partial charge in [-0.15, -0.1) is 0 Å². The van der Waals surface area contributed by atoms with Crippen LogP contribution in [0.4, 0.5) is 5.69 Å². The van der Waals surface area contributed by atoms with Crippen molar-refractivity contribution in [1.29, 1.82) is 0 Å². The van der Waals surface area contributed by atoms with Crippen molar-refractivity contribution < 1.29 is 14.4 Å². The molecule has 1 N–H and O–H groups in total. The van der Waals surface area contributed by atoms with Gasteiger partial charge in [-0.25, -0.2) is 0 Å². The first-order chi connectivity index (χ1) is 11.7. The van der Waals surface area contributed by atoms with Gasteiger partial charge in [0.2, 0.25) is 5.91 Å². The van der Waals surface area contributed by atoms with E-state index in [0.717, 1.165) is 0 Å². The highest BCUT2D eigenvalue weighted by molar-refractivity contribution is 6.42. The Hall–Kier alpha value is -1.91. The third kappa shape index (κ3) is 4.39. The van der Waals surface area contributed by atoms with Crippen LogP contribution in [-0.4, -0.2) is 17.5 Å². The van der Waals surface area contributed by atoms with Gasteiger partial charge in [0.05, 0.1) is 10.0 Å². The van der Waals surface area contributed by atoms with Gasteiger partial charge < -0.3 is 5.32 Å². The van der Waals surface area contributed by atoms with Crippen LogP contribution in [0.2, 0.25) is 10.0 Å². The van der Waals surface area contributed by atoms with E-state index < -0.39 is 0 Å². The summed E-state index contributed by atoms with van der Waals surface area (Å²) < 4.78 is 0. The van der Waals surface area contributed by atoms with Crippen molar-refractivity contribution in [2.24, 2.45) is 0 Å². The van der Waals surface area contributed by atoms with E-state index in [0.29, 0.717) is 50.9 Å². The number of allylic oxidation sites excluding steroid dienone is 4. The molecule has 1 aromatic carbocycles. The second kappa shape index (κ2) is 7.98. The molecule has 2 rings (SSSR count). The Bertz CT molecular complexity index is 822. The second-order valence-electron chi connectivity index (χ2n) is 6.04. The van der Waals surface area contributed by atoms with Gasteiger partial charge >= 0.3 is 0 Å². The van der Waals surface area contributed by atoms with Crippen LogP contribution in [0.5, 0.6) is 0 Å². The standard InChI is InChI=1S/C19H19Cl2NO3/c1-10-11(2)19(25)14(12(3)18(10)24)5-4-6-17(23)22-13-7-8-15(20)16(21)9-13/h7-9H,4-6H2,1-3H3,(H,22,23). The molecule has 1 amide bonds. The molecule has 0 atom stereocenters. The van der Waals surface area contributed by atoms with Gasteiger partial charge in [0.1, 0.15) is 0 Å². The minimum atomic E-state index is -0.185. The van der Waals surface area contributed by atoms with E-state index in [1.807, 2.05) is 0 Å². The minimum Gasteiger partial charge on any atom is -0.326 e. The molecule has 25 heavy (non-hydrogen) atoms. The monoisotopic (exact) mass is 379 g/mol. The Kier molecular flexibility index (Phi) is 6.20. The van der Waals surface area contributed by atoms with Crippen LogP contribution in [0.15, 0.2) is 40.5 Å². The number of Topliss-reactive ketones (excluding diaryl/α,β-unsaturated/α-hetero) is 2. The third-order valence-electron chi connectivity index (χ3n) is 4.35. The van der Waals surface area contributed by atoms with Gasteiger partial charge in [0.25, 0.3) is 0 Å². The molecule has 0 spiro atoms. The summed E-state index contributed by atoms with van der Waals surface area (Å²) in [5.74, 6) is -0.374. The summed E-state index contributed by atoms with van der Waals surface area (Å²) in [6, 6.07) is 4.85. The maximum absolute atomic E-state index is 12.3. The number of carbonyl (C=O) groups excluding carboxylic acids is 3. The van der Waals surface area contributed by atoms with Gasteiger partial charge in [-0.3, -0.25) is 14.4 Å². The fourth-order valence-electron chi connectivity index (χ4n) is 2.68. The quantitative estimate of drug-likeness (QED) is 0.739. The van der Waals surface area contributed by atoms with Crippen molar-refractivity contribution in [1.82, 2.24) is 0 Å². The number of ketones is 2. The van der Waals surface area contributed by atoms with E-state index in [9.17, 15) is 14.4 Å². The molecule has 0 fully saturated rings. The first kappa shape index (κ1) is 19.4. The molecule has 0 radical (unpaired) electrons. The number of rotatable bonds is 5. The average Bonchev–Trinajstić information content (AvgIpc) is 2.57. The molecular weight excluding hydrogens is 361 g/mol. The molecule has 1 aliphatic carbocycles. The number of anilines is 1. The summed E-state index contributed by atoms with van der Waals surface area (Å²) in [5, 5.41) is 3.52. The summed E-state index contributed by atoms with van der Waals surface area (Å²) >= 11 is 11.7. The zero-order chi connectivity index (χ0) is 18.7. The Morgan fingerprint density at radius 2 is 1.60 bits per heavy atom. The second-order valence-corrected chi connectivity index (χ2v) is 6.86. The van der Waals surface area contributed by atoms with Gasteiger partial charge in [0, 0.05) is 34.4 Å². The highest BCUT2D eigenvalue weighted by Crippen LogP contribution is 2.28. The summed E-state index contributed by atoms with van der Waals surface area (Å²) in [4.78, 5) is 36.5. The fraction of sp³-hybridized carbons (Fsp3) is 0.316. The number of hydrogen-bond donors (Lipinski definition) is 1. The van der Waals surface area contributed by atoms with Crippen LogP contribution >= 0.6 is 23.2 Å². The molecule has 0 aliphatic heterocycles. The summed E-state index contributed by atoms with van der Waals surface area (Å²) in [6.45, 7) is 5.00. The van der Waals surface area contributed by atoms with Crippen LogP contribution in [-0.2, 0) is 14.4 Å². The lowest BCUT2D eigenvalue weighted by atomic mass is 9.84. The molecule has 1 aromatic rings. The Balaban J connectivity index is 1.94. The van der Waals surface area contributed by atoms with E-state index in [2.05, 4.69) is 5.32 Å². The van der Waals surface area contributed by atoms with Crippen molar-refractivity contribution in [2.45, 2.75) is 40.0 Å². The summed E-state index contributed by atoms with van der Waals surface area (Å²) in [5.41, 5.74) is 2.55. The number of amides is 1. The van der Waals surface area contributed by atoms with Crippen molar-refractivity contribution in [3.05, 3.63) is 50.5 Å². The predicted octanol–water partition coefficient (Wildman–Crippen LogP) is 4.91. The van der Waals surface area contributed by atoms with Gasteiger partial charge in [-0.1, -0.05) is 23.2 Å². The minimum absolute atomic E-state index is 0.0904. The lowest BCUT2D eigenvalue weighted by Crippen LogP contribution is -2.21. The fourth-order valence-corrected chi connectivity index (χ4v) is 2.98. The Morgan fingerprint density at radius 1 is 0.960 bits per heavy atom. The normalized spacial score (nSPS) is 15.1. The summed E-state index contributed by atoms with van der Waals surface area (Å²) in [6.07, 6.45) is 1.11. The van der Waals surface area contributed by atoms with E-state index in [1.54, 1.807) is 39.0 Å². The molecule has 0 heterocycles. The molecule has 0 aromatic heterocycles. The van der Waals surface area contributed by atoms with Crippen LogP contribution in [0.3, 0.4) is 0 Å². The lowest BCUT2D eigenvalue weighted by molar-refractivity contribution is -0.117. The smallest absolute Gasteiger partial charge is 0.224 e. The van der Waals surface area contributed by atoms with Crippen molar-refractivity contribution in [3.63, 3.8) is 0 Å². The van der Waals surface area contributed by atoms with Crippen molar-refractivity contribution in [3.8, 4) is 0 Å². The largest absolute Gasteiger partial charge is 0.326 e. The third-order valence-corrected chi connectivity index (χ3v) is 5.08. The highest BCUT2D eigenvalue weighted by atomic mass is 35.5. The molecule has 0 saturated heterocycles. The summed E-state index contributed by atoms with van der Waals surface area (Å²) in [7, 11) is 0. The Morgan fingerprint density at radius 3 is 2.24 bits per heavy atom. The molecule has 4 nitrogen and oxygen atoms in total.